The van der Waals surface area contributed by atoms with Gasteiger partial charge in [-0.2, -0.15) is 0 Å². The number of β-lactam (4-membered cyclic amide) rings is 1. The van der Waals surface area contributed by atoms with Crippen molar-refractivity contribution in [2.45, 2.75) is 41.9 Å². The molecule has 0 radical (unpaired) electrons. The molecule has 9 nitrogen and oxygen atoms in total. The second-order valence-corrected chi connectivity index (χ2v) is 11.7. The van der Waals surface area contributed by atoms with Gasteiger partial charge < -0.3 is 15.0 Å². The zero-order valence-electron chi connectivity index (χ0n) is 20.2. The van der Waals surface area contributed by atoms with Crippen molar-refractivity contribution in [2.75, 3.05) is 20.2 Å². The van der Waals surface area contributed by atoms with Crippen molar-refractivity contribution in [3.63, 3.8) is 0 Å². The van der Waals surface area contributed by atoms with Gasteiger partial charge in [-0.3, -0.25) is 19.2 Å². The molecule has 3 aliphatic heterocycles. The molecule has 196 valence electrons. The molecule has 0 saturated carbocycles. The van der Waals surface area contributed by atoms with Gasteiger partial charge in [-0.25, -0.2) is 8.42 Å². The lowest BCUT2D eigenvalue weighted by atomic mass is 9.92. The Balaban J connectivity index is 0.000000301. The predicted molar refractivity (Wildman–Crippen MR) is 135 cm³/mol. The summed E-state index contributed by atoms with van der Waals surface area (Å²) < 4.78 is 32.0. The van der Waals surface area contributed by atoms with Gasteiger partial charge in [0.05, 0.1) is 18.4 Å². The van der Waals surface area contributed by atoms with E-state index in [1.807, 2.05) is 18.2 Å². The summed E-state index contributed by atoms with van der Waals surface area (Å²) in [6.07, 6.45) is 1.29. The Morgan fingerprint density at radius 1 is 1.03 bits per heavy atom. The number of methoxy groups -OCH3 is 1. The summed E-state index contributed by atoms with van der Waals surface area (Å²) in [7, 11) is -2.53. The van der Waals surface area contributed by atoms with Gasteiger partial charge in [0.1, 0.15) is 11.5 Å². The molecule has 0 bridgehead atoms. The molecule has 1 N–H and O–H groups in total. The highest BCUT2D eigenvalue weighted by molar-refractivity contribution is 7.93. The minimum atomic E-state index is -4.07. The first-order chi connectivity index (χ1) is 17.6. The summed E-state index contributed by atoms with van der Waals surface area (Å²) >= 11 is 5.85. The summed E-state index contributed by atoms with van der Waals surface area (Å²) in [4.78, 5) is 46.0. The van der Waals surface area contributed by atoms with Gasteiger partial charge >= 0.3 is 0 Å². The largest absolute Gasteiger partial charge is 0.496 e. The minimum Gasteiger partial charge on any atom is -0.496 e. The number of carbonyl (C=O) groups excluding carboxylic acids is 4. The maximum atomic E-state index is 13.3. The highest BCUT2D eigenvalue weighted by Gasteiger charge is 2.70. The minimum absolute atomic E-state index is 0.000787. The molecule has 2 amide bonds. The average molecular weight is 547 g/mol. The fourth-order valence-electron chi connectivity index (χ4n) is 4.88. The summed E-state index contributed by atoms with van der Waals surface area (Å²) in [6, 6.07) is 12.9. The van der Waals surface area contributed by atoms with E-state index in [2.05, 4.69) is 5.32 Å². The highest BCUT2D eigenvalue weighted by Crippen LogP contribution is 2.48. The van der Waals surface area contributed by atoms with Crippen LogP contribution in [0.4, 0.5) is 0 Å². The number of para-hydroxylation sites is 1. The van der Waals surface area contributed by atoms with Crippen molar-refractivity contribution >= 4 is 44.8 Å². The predicted octanol–water partition coefficient (Wildman–Crippen LogP) is 2.35. The van der Waals surface area contributed by atoms with Crippen LogP contribution in [-0.4, -0.2) is 61.8 Å². The van der Waals surface area contributed by atoms with Crippen LogP contribution in [0.15, 0.2) is 53.4 Å². The van der Waals surface area contributed by atoms with Crippen molar-refractivity contribution in [1.82, 2.24) is 10.2 Å². The number of hydrogen-bond acceptors (Lipinski definition) is 7. The molecular weight excluding hydrogens is 520 g/mol. The molecule has 2 atom stereocenters. The Hall–Kier alpha value is -3.24. The number of amides is 2. The number of nitrogens with one attached hydrogen (secondary N) is 1. The summed E-state index contributed by atoms with van der Waals surface area (Å²) in [6.45, 7) is 0.611. The fourth-order valence-corrected chi connectivity index (χ4v) is 7.10. The zero-order valence-corrected chi connectivity index (χ0v) is 21.8. The number of hydrogen-bond donors (Lipinski definition) is 1. The van der Waals surface area contributed by atoms with E-state index in [1.165, 1.54) is 29.2 Å². The first-order valence-corrected chi connectivity index (χ1v) is 13.7. The second-order valence-electron chi connectivity index (χ2n) is 9.14. The Morgan fingerprint density at radius 3 is 2.41 bits per heavy atom. The lowest BCUT2D eigenvalue weighted by Crippen LogP contribution is -2.67. The van der Waals surface area contributed by atoms with Gasteiger partial charge in [0.25, 0.3) is 0 Å². The third kappa shape index (κ3) is 5.00. The average Bonchev–Trinajstić information content (AvgIpc) is 2.96. The molecule has 3 heterocycles. The second kappa shape index (κ2) is 10.6. The number of rotatable bonds is 5. The van der Waals surface area contributed by atoms with Crippen LogP contribution >= 0.6 is 11.6 Å². The number of fused-ring (bicyclic) bond motifs is 1. The van der Waals surface area contributed by atoms with Crippen LogP contribution in [0.5, 0.6) is 5.75 Å². The maximum Gasteiger partial charge on any atom is 0.228 e. The van der Waals surface area contributed by atoms with E-state index >= 15 is 0 Å². The first kappa shape index (κ1) is 26.8. The van der Waals surface area contributed by atoms with Crippen molar-refractivity contribution in [3.8, 4) is 5.75 Å². The lowest BCUT2D eigenvalue weighted by molar-refractivity contribution is -0.150. The van der Waals surface area contributed by atoms with Crippen LogP contribution in [0.25, 0.3) is 0 Å². The number of ketones is 2. The van der Waals surface area contributed by atoms with E-state index < -0.39 is 26.4 Å². The molecule has 3 aliphatic rings. The zero-order chi connectivity index (χ0) is 26.8. The molecule has 2 aromatic carbocycles. The number of carbonyl (C=O) groups is 4. The van der Waals surface area contributed by atoms with Gasteiger partial charge in [-0.15, -0.1) is 0 Å². The van der Waals surface area contributed by atoms with Crippen LogP contribution < -0.4 is 10.1 Å². The van der Waals surface area contributed by atoms with Gasteiger partial charge in [0, 0.05) is 43.3 Å². The van der Waals surface area contributed by atoms with Gasteiger partial charge in [-0.1, -0.05) is 29.8 Å². The van der Waals surface area contributed by atoms with Crippen LogP contribution in [0.1, 0.15) is 31.2 Å². The normalized spacial score (nSPS) is 23.3. The maximum absolute atomic E-state index is 13.3. The molecule has 2 unspecified atom stereocenters. The molecule has 2 aromatic rings. The Morgan fingerprint density at radius 2 is 1.73 bits per heavy atom. The molecular formula is C26H27ClN2O7S. The van der Waals surface area contributed by atoms with E-state index in [4.69, 9.17) is 16.3 Å². The SMILES string of the molecule is COc1ccccc1CC1CN2C(=O)CC2(S(=O)(=O)c2ccc(Cl)cc2)C1=O.O=C1CCNC(=O)CC1. The van der Waals surface area contributed by atoms with Crippen LogP contribution in [0.2, 0.25) is 5.02 Å². The van der Waals surface area contributed by atoms with E-state index in [1.54, 1.807) is 13.2 Å². The summed E-state index contributed by atoms with van der Waals surface area (Å²) in [5, 5.41) is 3.01. The number of Topliss-reactive ketones (excluding diaryl/α,β-unsaturated/α-hetero) is 2. The topological polar surface area (TPSA) is 127 Å². The van der Waals surface area contributed by atoms with Crippen molar-refractivity contribution in [2.24, 2.45) is 5.92 Å². The Labute approximate surface area is 220 Å². The number of sulfone groups is 1. The molecule has 0 spiro atoms. The fraction of sp³-hybridized carbons (Fsp3) is 0.385. The van der Waals surface area contributed by atoms with Gasteiger partial charge in [0.15, 0.2) is 5.78 Å². The third-order valence-electron chi connectivity index (χ3n) is 6.87. The molecule has 11 heteroatoms. The third-order valence-corrected chi connectivity index (χ3v) is 9.47. The number of ether oxygens (including phenoxy) is 1. The van der Waals surface area contributed by atoms with E-state index in [9.17, 15) is 27.6 Å². The van der Waals surface area contributed by atoms with E-state index in [-0.39, 0.29) is 35.5 Å². The molecule has 0 aromatic heterocycles. The van der Waals surface area contributed by atoms with Crippen molar-refractivity contribution < 1.29 is 32.3 Å². The van der Waals surface area contributed by atoms with Crippen molar-refractivity contribution in [3.05, 3.63) is 59.1 Å². The molecule has 5 rings (SSSR count). The summed E-state index contributed by atoms with van der Waals surface area (Å²) in [5.41, 5.74) is 0.803. The quantitative estimate of drug-likeness (QED) is 0.570. The Bertz CT molecular complexity index is 1330. The smallest absolute Gasteiger partial charge is 0.228 e. The molecule has 37 heavy (non-hydrogen) atoms. The van der Waals surface area contributed by atoms with E-state index in [0.717, 1.165) is 5.56 Å². The highest BCUT2D eigenvalue weighted by atomic mass is 35.5. The summed E-state index contributed by atoms with van der Waals surface area (Å²) in [5.74, 6) is -0.550. The van der Waals surface area contributed by atoms with Crippen LogP contribution in [0.3, 0.4) is 0 Å². The van der Waals surface area contributed by atoms with Gasteiger partial charge in [0.2, 0.25) is 26.5 Å². The van der Waals surface area contributed by atoms with Gasteiger partial charge in [-0.05, 0) is 42.3 Å². The Kier molecular flexibility index (Phi) is 7.70. The van der Waals surface area contributed by atoms with Crippen LogP contribution in [0, 0.1) is 5.92 Å². The monoisotopic (exact) mass is 546 g/mol. The first-order valence-electron chi connectivity index (χ1n) is 11.9. The standard InChI is InChI=1S/C20H18ClNO5S.C6H9NO2/c1-27-17-5-3-2-4-13(17)10-14-12-22-18(23)11-20(22,19(14)24)28(25,26)16-8-6-15(21)7-9-16;8-5-1-2-6(9)7-4-3-5/h2-9,14H,10-12H2,1H3;1-4H2,(H,7,9). The number of benzene rings is 2. The van der Waals surface area contributed by atoms with E-state index in [0.29, 0.717) is 43.0 Å². The molecule has 0 aliphatic carbocycles. The number of halogens is 1. The molecule has 3 saturated heterocycles. The molecule has 3 fully saturated rings. The number of nitrogens with zero attached hydrogens (tertiary/aromatic N) is 1. The lowest BCUT2D eigenvalue weighted by Gasteiger charge is -2.44. The van der Waals surface area contributed by atoms with Crippen molar-refractivity contribution in [1.29, 1.82) is 0 Å². The van der Waals surface area contributed by atoms with Crippen LogP contribution in [-0.2, 0) is 35.4 Å².